The van der Waals surface area contributed by atoms with Crippen LogP contribution in [0.4, 0.5) is 0 Å². The number of benzene rings is 1. The van der Waals surface area contributed by atoms with E-state index in [-0.39, 0.29) is 0 Å². The largest absolute Gasteiger partial charge is 0.356 e. The summed E-state index contributed by atoms with van der Waals surface area (Å²) in [7, 11) is 1.87. The fraction of sp³-hybridized carbons (Fsp3) is 0.650. The predicted molar refractivity (Wildman–Crippen MR) is 108 cm³/mol. The van der Waals surface area contributed by atoms with Gasteiger partial charge in [0.2, 0.25) is 0 Å². The summed E-state index contributed by atoms with van der Waals surface area (Å²) >= 11 is 2.01. The Balaban J connectivity index is 1.42. The van der Waals surface area contributed by atoms with Gasteiger partial charge in [-0.05, 0) is 56.8 Å². The van der Waals surface area contributed by atoms with E-state index in [1.54, 1.807) is 0 Å². The first-order valence-corrected chi connectivity index (χ1v) is 10.5. The maximum atomic E-state index is 4.42. The van der Waals surface area contributed by atoms with Crippen LogP contribution in [0.5, 0.6) is 0 Å². The number of thioether (sulfide) groups is 1. The topological polar surface area (TPSA) is 39.7 Å². The fourth-order valence-corrected chi connectivity index (χ4v) is 4.75. The zero-order valence-corrected chi connectivity index (χ0v) is 16.4. The number of nitrogens with zero attached hydrogens (tertiary/aromatic N) is 2. The van der Waals surface area contributed by atoms with Crippen LogP contribution in [0.15, 0.2) is 40.2 Å². The molecule has 25 heavy (non-hydrogen) atoms. The first-order valence-electron chi connectivity index (χ1n) is 9.64. The molecule has 1 aliphatic heterocycles. The van der Waals surface area contributed by atoms with Gasteiger partial charge in [-0.1, -0.05) is 25.1 Å². The molecule has 1 saturated heterocycles. The van der Waals surface area contributed by atoms with Crippen molar-refractivity contribution in [2.24, 2.45) is 10.9 Å². The second kappa shape index (κ2) is 8.95. The van der Waals surface area contributed by atoms with E-state index in [4.69, 9.17) is 0 Å². The summed E-state index contributed by atoms with van der Waals surface area (Å²) < 4.78 is 0.350. The average Bonchev–Trinajstić information content (AvgIpc) is 3.42. The SMILES string of the molecule is CCN1CCCC(CNC(=NC)NCC2(Sc3ccccc3)CC2)C1. The van der Waals surface area contributed by atoms with Gasteiger partial charge in [-0.15, -0.1) is 11.8 Å². The van der Waals surface area contributed by atoms with Crippen LogP contribution in [0.1, 0.15) is 32.6 Å². The minimum Gasteiger partial charge on any atom is -0.356 e. The molecule has 2 aliphatic rings. The lowest BCUT2D eigenvalue weighted by atomic mass is 9.98. The van der Waals surface area contributed by atoms with Gasteiger partial charge in [0.1, 0.15) is 0 Å². The Bertz CT molecular complexity index is 556. The molecule has 0 aromatic heterocycles. The fourth-order valence-electron chi connectivity index (χ4n) is 3.50. The number of likely N-dealkylation sites (tertiary alicyclic amines) is 1. The van der Waals surface area contributed by atoms with E-state index in [9.17, 15) is 0 Å². The first kappa shape index (κ1) is 18.6. The molecule has 3 rings (SSSR count). The number of piperidine rings is 1. The highest BCUT2D eigenvalue weighted by atomic mass is 32.2. The Hall–Kier alpha value is -1.20. The summed E-state index contributed by atoms with van der Waals surface area (Å²) in [6.07, 6.45) is 5.21. The summed E-state index contributed by atoms with van der Waals surface area (Å²) in [6, 6.07) is 10.7. The smallest absolute Gasteiger partial charge is 0.191 e. The molecule has 138 valence electrons. The van der Waals surface area contributed by atoms with Crippen LogP contribution < -0.4 is 10.6 Å². The van der Waals surface area contributed by atoms with Crippen LogP contribution >= 0.6 is 11.8 Å². The van der Waals surface area contributed by atoms with Gasteiger partial charge in [-0.2, -0.15) is 0 Å². The molecular weight excluding hydrogens is 328 g/mol. The normalized spacial score (nSPS) is 23.3. The van der Waals surface area contributed by atoms with Crippen LogP contribution in [0, 0.1) is 5.92 Å². The molecular formula is C20H32N4S. The van der Waals surface area contributed by atoms with Gasteiger partial charge in [0.15, 0.2) is 5.96 Å². The summed E-state index contributed by atoms with van der Waals surface area (Å²) in [6.45, 7) is 7.92. The van der Waals surface area contributed by atoms with Gasteiger partial charge >= 0.3 is 0 Å². The maximum absolute atomic E-state index is 4.42. The van der Waals surface area contributed by atoms with Gasteiger partial charge in [-0.3, -0.25) is 4.99 Å². The maximum Gasteiger partial charge on any atom is 0.191 e. The van der Waals surface area contributed by atoms with Crippen molar-refractivity contribution in [3.63, 3.8) is 0 Å². The highest BCUT2D eigenvalue weighted by Crippen LogP contribution is 2.51. The molecule has 4 nitrogen and oxygen atoms in total. The van der Waals surface area contributed by atoms with E-state index in [0.29, 0.717) is 4.75 Å². The summed E-state index contributed by atoms with van der Waals surface area (Å²) in [5.41, 5.74) is 0. The standard InChI is InChI=1S/C20H32N4S/c1-3-24-13-7-8-17(15-24)14-22-19(21-2)23-16-20(11-12-20)25-18-9-5-4-6-10-18/h4-6,9-10,17H,3,7-8,11-16H2,1-2H3,(H2,21,22,23). The third kappa shape index (κ3) is 5.65. The van der Waals surface area contributed by atoms with Crippen molar-refractivity contribution in [2.75, 3.05) is 39.8 Å². The summed E-state index contributed by atoms with van der Waals surface area (Å²) in [5, 5.41) is 7.11. The summed E-state index contributed by atoms with van der Waals surface area (Å²) in [5.74, 6) is 1.69. The Kier molecular flexibility index (Phi) is 6.65. The molecule has 1 aromatic rings. The monoisotopic (exact) mass is 360 g/mol. The van der Waals surface area contributed by atoms with Gasteiger partial charge in [0.05, 0.1) is 0 Å². The average molecular weight is 361 g/mol. The molecule has 5 heteroatoms. The number of aliphatic imine (C=N–C) groups is 1. The van der Waals surface area contributed by atoms with Crippen LogP contribution in [-0.4, -0.2) is 55.4 Å². The molecule has 1 atom stereocenters. The van der Waals surface area contributed by atoms with Crippen molar-refractivity contribution >= 4 is 17.7 Å². The Morgan fingerprint density at radius 3 is 2.76 bits per heavy atom. The Morgan fingerprint density at radius 2 is 2.08 bits per heavy atom. The van der Waals surface area contributed by atoms with Crippen molar-refractivity contribution < 1.29 is 0 Å². The quantitative estimate of drug-likeness (QED) is 0.579. The number of hydrogen-bond donors (Lipinski definition) is 2. The molecule has 1 aliphatic carbocycles. The van der Waals surface area contributed by atoms with Crippen LogP contribution in [0.25, 0.3) is 0 Å². The molecule has 0 amide bonds. The van der Waals surface area contributed by atoms with Crippen LogP contribution in [0.3, 0.4) is 0 Å². The lowest BCUT2D eigenvalue weighted by molar-refractivity contribution is 0.183. The van der Waals surface area contributed by atoms with Gasteiger partial charge in [0.25, 0.3) is 0 Å². The highest BCUT2D eigenvalue weighted by Gasteiger charge is 2.43. The van der Waals surface area contributed by atoms with Crippen molar-refractivity contribution in [1.29, 1.82) is 0 Å². The number of guanidine groups is 1. The second-order valence-corrected chi connectivity index (χ2v) is 8.85. The molecule has 1 unspecified atom stereocenters. The minimum absolute atomic E-state index is 0.350. The second-order valence-electron chi connectivity index (χ2n) is 7.31. The van der Waals surface area contributed by atoms with Gasteiger partial charge in [-0.25, -0.2) is 0 Å². The van der Waals surface area contributed by atoms with E-state index in [0.717, 1.165) is 25.0 Å². The minimum atomic E-state index is 0.350. The van der Waals surface area contributed by atoms with Crippen LogP contribution in [-0.2, 0) is 0 Å². The van der Waals surface area contributed by atoms with Crippen molar-refractivity contribution in [2.45, 2.75) is 42.2 Å². The molecule has 2 N–H and O–H groups in total. The zero-order valence-electron chi connectivity index (χ0n) is 15.6. The van der Waals surface area contributed by atoms with E-state index >= 15 is 0 Å². The Labute approximate surface area is 156 Å². The van der Waals surface area contributed by atoms with Crippen molar-refractivity contribution in [3.8, 4) is 0 Å². The molecule has 0 spiro atoms. The molecule has 0 radical (unpaired) electrons. The number of hydrogen-bond acceptors (Lipinski definition) is 3. The lowest BCUT2D eigenvalue weighted by Gasteiger charge is -2.32. The third-order valence-corrected chi connectivity index (χ3v) is 6.79. The number of nitrogens with one attached hydrogen (secondary N) is 2. The van der Waals surface area contributed by atoms with E-state index in [1.807, 2.05) is 18.8 Å². The predicted octanol–water partition coefficient (Wildman–Crippen LogP) is 3.21. The van der Waals surface area contributed by atoms with E-state index in [1.165, 1.54) is 50.2 Å². The lowest BCUT2D eigenvalue weighted by Crippen LogP contribution is -2.45. The highest BCUT2D eigenvalue weighted by molar-refractivity contribution is 8.01. The van der Waals surface area contributed by atoms with E-state index in [2.05, 4.69) is 57.8 Å². The van der Waals surface area contributed by atoms with Crippen molar-refractivity contribution in [1.82, 2.24) is 15.5 Å². The van der Waals surface area contributed by atoms with Gasteiger partial charge < -0.3 is 15.5 Å². The molecule has 1 saturated carbocycles. The third-order valence-electron chi connectivity index (χ3n) is 5.30. The molecule has 0 bridgehead atoms. The molecule has 1 heterocycles. The van der Waals surface area contributed by atoms with Crippen LogP contribution in [0.2, 0.25) is 0 Å². The molecule has 2 fully saturated rings. The van der Waals surface area contributed by atoms with Crippen molar-refractivity contribution in [3.05, 3.63) is 30.3 Å². The zero-order chi connectivity index (χ0) is 17.5. The van der Waals surface area contributed by atoms with E-state index < -0.39 is 0 Å². The molecule has 1 aromatic carbocycles. The summed E-state index contributed by atoms with van der Waals surface area (Å²) in [4.78, 5) is 8.35. The van der Waals surface area contributed by atoms with Gasteiger partial charge in [0, 0.05) is 36.3 Å². The number of rotatable bonds is 7. The Morgan fingerprint density at radius 1 is 1.28 bits per heavy atom. The first-order chi connectivity index (χ1) is 12.2.